The molecule has 0 aliphatic carbocycles. The Morgan fingerprint density at radius 1 is 1.14 bits per heavy atom. The summed E-state index contributed by atoms with van der Waals surface area (Å²) in [5.74, 6) is 1.20. The third kappa shape index (κ3) is 4.33. The van der Waals surface area contributed by atoms with Gasteiger partial charge in [0.05, 0.1) is 23.5 Å². The number of carbonyl (C=O) groups is 1. The molecule has 1 aromatic carbocycles. The van der Waals surface area contributed by atoms with Crippen LogP contribution >= 0.6 is 27.7 Å². The minimum absolute atomic E-state index is 0.0834. The molecule has 4 rings (SSSR count). The lowest BCUT2D eigenvalue weighted by molar-refractivity contribution is -0.115. The van der Waals surface area contributed by atoms with Crippen LogP contribution in [0.3, 0.4) is 0 Å². The summed E-state index contributed by atoms with van der Waals surface area (Å²) in [6.45, 7) is 1.97. The molecule has 6 nitrogen and oxygen atoms in total. The minimum Gasteiger partial charge on any atom is -0.463 e. The topological polar surface area (TPSA) is 84.1 Å². The summed E-state index contributed by atoms with van der Waals surface area (Å²) in [6.07, 6.45) is 3.85. The Balaban J connectivity index is 1.58. The van der Waals surface area contributed by atoms with Gasteiger partial charge in [0, 0.05) is 4.47 Å². The van der Waals surface area contributed by atoms with Crippen LogP contribution in [0, 0.1) is 0 Å². The fourth-order valence-corrected chi connectivity index (χ4v) is 4.12. The number of hydrogen-bond donors (Lipinski definition) is 2. The Morgan fingerprint density at radius 2 is 1.86 bits per heavy atom. The van der Waals surface area contributed by atoms with Gasteiger partial charge < -0.3 is 19.1 Å². The quantitative estimate of drug-likeness (QED) is 0.313. The molecule has 3 aromatic heterocycles. The standard InChI is InChI=1S/C21H18BrN3O3S/c1-2-17(20(26)23-14-8-4-3-7-13(14)22)29-21-24-18(15-9-5-11-27-15)19(25-21)16-10-6-12-28-16/h3-12,17H,2H2,1H3,(H,23,26)(H,24,25). The molecule has 0 bridgehead atoms. The predicted molar refractivity (Wildman–Crippen MR) is 117 cm³/mol. The van der Waals surface area contributed by atoms with Crippen LogP contribution in [0.5, 0.6) is 0 Å². The highest BCUT2D eigenvalue weighted by Gasteiger charge is 2.24. The fourth-order valence-electron chi connectivity index (χ4n) is 2.83. The van der Waals surface area contributed by atoms with E-state index < -0.39 is 0 Å². The van der Waals surface area contributed by atoms with Crippen molar-refractivity contribution in [2.45, 2.75) is 23.8 Å². The van der Waals surface area contributed by atoms with E-state index in [-0.39, 0.29) is 11.2 Å². The molecule has 1 atom stereocenters. The van der Waals surface area contributed by atoms with Crippen molar-refractivity contribution in [3.8, 4) is 22.9 Å². The van der Waals surface area contributed by atoms with E-state index in [0.29, 0.717) is 34.5 Å². The number of amides is 1. The Kier molecular flexibility index (Phi) is 5.92. The van der Waals surface area contributed by atoms with Gasteiger partial charge in [-0.2, -0.15) is 0 Å². The van der Waals surface area contributed by atoms with E-state index in [9.17, 15) is 4.79 Å². The summed E-state index contributed by atoms with van der Waals surface area (Å²) in [4.78, 5) is 20.8. The van der Waals surface area contributed by atoms with E-state index in [4.69, 9.17) is 8.83 Å². The predicted octanol–water partition coefficient (Wildman–Crippen LogP) is 6.20. The molecule has 29 heavy (non-hydrogen) atoms. The molecular weight excluding hydrogens is 454 g/mol. The SMILES string of the molecule is CCC(Sc1nc(-c2ccco2)c(-c2ccco2)[nH]1)C(=O)Nc1ccccc1Br. The maximum Gasteiger partial charge on any atom is 0.237 e. The number of para-hydroxylation sites is 1. The van der Waals surface area contributed by atoms with Gasteiger partial charge in [0.2, 0.25) is 5.91 Å². The highest BCUT2D eigenvalue weighted by atomic mass is 79.9. The number of anilines is 1. The third-order valence-electron chi connectivity index (χ3n) is 4.25. The second-order valence-corrected chi connectivity index (χ2v) is 8.25. The molecule has 0 saturated carbocycles. The lowest BCUT2D eigenvalue weighted by atomic mass is 10.2. The van der Waals surface area contributed by atoms with Gasteiger partial charge in [0.1, 0.15) is 11.4 Å². The van der Waals surface area contributed by atoms with Crippen LogP contribution in [0.4, 0.5) is 5.69 Å². The molecule has 4 aromatic rings. The second kappa shape index (κ2) is 8.75. The Morgan fingerprint density at radius 3 is 2.52 bits per heavy atom. The normalized spacial score (nSPS) is 12.1. The van der Waals surface area contributed by atoms with Crippen molar-refractivity contribution in [3.63, 3.8) is 0 Å². The van der Waals surface area contributed by atoms with Gasteiger partial charge in [-0.25, -0.2) is 4.98 Å². The molecule has 3 heterocycles. The number of hydrogen-bond acceptors (Lipinski definition) is 5. The first-order valence-corrected chi connectivity index (χ1v) is 10.7. The monoisotopic (exact) mass is 471 g/mol. The maximum atomic E-state index is 12.8. The minimum atomic E-state index is -0.317. The van der Waals surface area contributed by atoms with Crippen molar-refractivity contribution in [1.82, 2.24) is 9.97 Å². The molecule has 1 amide bonds. The number of aromatic amines is 1. The van der Waals surface area contributed by atoms with E-state index >= 15 is 0 Å². The highest BCUT2D eigenvalue weighted by Crippen LogP contribution is 2.35. The average Bonchev–Trinajstić information content (AvgIpc) is 3.47. The van der Waals surface area contributed by atoms with E-state index in [2.05, 4.69) is 31.2 Å². The second-order valence-electron chi connectivity index (χ2n) is 6.20. The van der Waals surface area contributed by atoms with Gasteiger partial charge in [0.15, 0.2) is 16.7 Å². The number of rotatable bonds is 7. The molecule has 0 aliphatic rings. The molecule has 148 valence electrons. The van der Waals surface area contributed by atoms with Crippen LogP contribution in [-0.2, 0) is 4.79 Å². The lowest BCUT2D eigenvalue weighted by Gasteiger charge is -2.14. The van der Waals surface area contributed by atoms with Gasteiger partial charge in [-0.05, 0) is 58.7 Å². The van der Waals surface area contributed by atoms with E-state index in [1.54, 1.807) is 12.5 Å². The van der Waals surface area contributed by atoms with Crippen LogP contribution in [-0.4, -0.2) is 21.1 Å². The van der Waals surface area contributed by atoms with Gasteiger partial charge in [-0.1, -0.05) is 30.8 Å². The van der Waals surface area contributed by atoms with Gasteiger partial charge in [-0.3, -0.25) is 4.79 Å². The molecular formula is C21H18BrN3O3S. The fraction of sp³-hybridized carbons (Fsp3) is 0.143. The van der Waals surface area contributed by atoms with Gasteiger partial charge in [0.25, 0.3) is 0 Å². The van der Waals surface area contributed by atoms with Crippen LogP contribution in [0.1, 0.15) is 13.3 Å². The average molecular weight is 472 g/mol. The van der Waals surface area contributed by atoms with E-state index in [1.165, 1.54) is 11.8 Å². The first-order valence-electron chi connectivity index (χ1n) is 9.05. The number of carbonyl (C=O) groups excluding carboxylic acids is 1. The number of imidazole rings is 1. The molecule has 8 heteroatoms. The first-order chi connectivity index (χ1) is 14.2. The summed E-state index contributed by atoms with van der Waals surface area (Å²) in [6, 6.07) is 14.8. The zero-order valence-corrected chi connectivity index (χ0v) is 17.9. The van der Waals surface area contributed by atoms with Crippen LogP contribution < -0.4 is 5.32 Å². The Bertz CT molecular complexity index is 1040. The maximum absolute atomic E-state index is 12.8. The van der Waals surface area contributed by atoms with Crippen molar-refractivity contribution in [1.29, 1.82) is 0 Å². The van der Waals surface area contributed by atoms with Crippen molar-refractivity contribution >= 4 is 39.3 Å². The Hall–Kier alpha value is -2.71. The third-order valence-corrected chi connectivity index (χ3v) is 6.19. The lowest BCUT2D eigenvalue weighted by Crippen LogP contribution is -2.24. The summed E-state index contributed by atoms with van der Waals surface area (Å²) in [5, 5.41) is 3.28. The summed E-state index contributed by atoms with van der Waals surface area (Å²) in [5.41, 5.74) is 2.10. The zero-order chi connectivity index (χ0) is 20.2. The van der Waals surface area contributed by atoms with Crippen LogP contribution in [0.15, 0.2) is 79.5 Å². The number of benzene rings is 1. The van der Waals surface area contributed by atoms with Crippen molar-refractivity contribution in [3.05, 3.63) is 65.5 Å². The Labute approximate surface area is 180 Å². The highest BCUT2D eigenvalue weighted by molar-refractivity contribution is 9.10. The molecule has 0 spiro atoms. The number of aromatic nitrogens is 2. The smallest absolute Gasteiger partial charge is 0.237 e. The number of nitrogens with zero attached hydrogens (tertiary/aromatic N) is 1. The summed E-state index contributed by atoms with van der Waals surface area (Å²) < 4.78 is 11.9. The number of furan rings is 2. The van der Waals surface area contributed by atoms with Crippen molar-refractivity contribution < 1.29 is 13.6 Å². The van der Waals surface area contributed by atoms with Crippen molar-refractivity contribution in [2.75, 3.05) is 5.32 Å². The largest absolute Gasteiger partial charge is 0.463 e. The number of H-pyrrole nitrogens is 1. The molecule has 0 aliphatic heterocycles. The molecule has 2 N–H and O–H groups in total. The molecule has 1 unspecified atom stereocenters. The molecule has 0 radical (unpaired) electrons. The van der Waals surface area contributed by atoms with Gasteiger partial charge >= 0.3 is 0 Å². The zero-order valence-electron chi connectivity index (χ0n) is 15.5. The summed E-state index contributed by atoms with van der Waals surface area (Å²) >= 11 is 4.83. The van der Waals surface area contributed by atoms with Crippen molar-refractivity contribution in [2.24, 2.45) is 0 Å². The van der Waals surface area contributed by atoms with Crippen LogP contribution in [0.2, 0.25) is 0 Å². The first kappa shape index (κ1) is 19.6. The molecule has 0 fully saturated rings. The number of nitrogens with one attached hydrogen (secondary N) is 2. The number of thioether (sulfide) groups is 1. The summed E-state index contributed by atoms with van der Waals surface area (Å²) in [7, 11) is 0. The van der Waals surface area contributed by atoms with Gasteiger partial charge in [-0.15, -0.1) is 0 Å². The number of halogens is 1. The van der Waals surface area contributed by atoms with E-state index in [0.717, 1.165) is 10.2 Å². The molecule has 0 saturated heterocycles. The van der Waals surface area contributed by atoms with E-state index in [1.807, 2.05) is 55.5 Å². The van der Waals surface area contributed by atoms with Crippen LogP contribution in [0.25, 0.3) is 22.9 Å².